The van der Waals surface area contributed by atoms with E-state index in [0.717, 1.165) is 0 Å². The molecule has 0 atom stereocenters. The molecule has 0 saturated carbocycles. The SMILES string of the molecule is O=C(CCCCl)C(Cl)(Cl)Cl. The quantitative estimate of drug-likeness (QED) is 0.673. The average molecular weight is 224 g/mol. The van der Waals surface area contributed by atoms with Crippen LogP contribution >= 0.6 is 46.4 Å². The second kappa shape index (κ2) is 4.66. The van der Waals surface area contributed by atoms with Crippen molar-refractivity contribution in [1.29, 1.82) is 0 Å². The number of alkyl halides is 4. The summed E-state index contributed by atoms with van der Waals surface area (Å²) in [5.41, 5.74) is 0. The van der Waals surface area contributed by atoms with Gasteiger partial charge in [0.1, 0.15) is 0 Å². The first-order valence-electron chi connectivity index (χ1n) is 2.64. The molecule has 0 aliphatic carbocycles. The highest BCUT2D eigenvalue weighted by Gasteiger charge is 2.28. The Hall–Kier alpha value is 0.830. The highest BCUT2D eigenvalue weighted by molar-refractivity contribution is 6.76. The van der Waals surface area contributed by atoms with Gasteiger partial charge in [-0.25, -0.2) is 0 Å². The molecule has 0 bridgehead atoms. The fourth-order valence-electron chi connectivity index (χ4n) is 0.369. The van der Waals surface area contributed by atoms with Crippen LogP contribution in [0.2, 0.25) is 0 Å². The Morgan fingerprint density at radius 2 is 1.80 bits per heavy atom. The summed E-state index contributed by atoms with van der Waals surface area (Å²) in [7, 11) is 0. The summed E-state index contributed by atoms with van der Waals surface area (Å²) in [5.74, 6) is 0.00472. The van der Waals surface area contributed by atoms with E-state index in [1.807, 2.05) is 0 Å². The minimum absolute atomic E-state index is 0.222. The highest BCUT2D eigenvalue weighted by atomic mass is 35.6. The zero-order chi connectivity index (χ0) is 8.20. The number of rotatable bonds is 3. The van der Waals surface area contributed by atoms with Crippen LogP contribution < -0.4 is 0 Å². The molecular weight excluding hydrogens is 218 g/mol. The molecule has 0 spiro atoms. The Balaban J connectivity index is 3.64. The minimum Gasteiger partial charge on any atom is -0.295 e. The monoisotopic (exact) mass is 222 g/mol. The topological polar surface area (TPSA) is 17.1 Å². The Morgan fingerprint density at radius 1 is 1.30 bits per heavy atom. The van der Waals surface area contributed by atoms with Crippen LogP contribution in [0.1, 0.15) is 12.8 Å². The van der Waals surface area contributed by atoms with Crippen LogP contribution in [0, 0.1) is 0 Å². The molecule has 0 unspecified atom stereocenters. The van der Waals surface area contributed by atoms with Crippen LogP contribution in [-0.4, -0.2) is 15.5 Å². The van der Waals surface area contributed by atoms with Gasteiger partial charge in [0.25, 0.3) is 0 Å². The molecule has 0 amide bonds. The number of halogens is 4. The standard InChI is InChI=1S/C5H6Cl4O/c6-3-1-2-4(10)5(7,8)9/h1-3H2. The van der Waals surface area contributed by atoms with Gasteiger partial charge in [0.2, 0.25) is 3.79 Å². The lowest BCUT2D eigenvalue weighted by atomic mass is 10.2. The zero-order valence-electron chi connectivity index (χ0n) is 5.04. The van der Waals surface area contributed by atoms with Gasteiger partial charge >= 0.3 is 0 Å². The molecule has 1 nitrogen and oxygen atoms in total. The summed E-state index contributed by atoms with van der Waals surface area (Å²) in [6, 6.07) is 0. The molecular formula is C5H6Cl4O. The molecule has 0 aliphatic rings. The van der Waals surface area contributed by atoms with Crippen molar-refractivity contribution >= 4 is 52.2 Å². The molecule has 5 heteroatoms. The Morgan fingerprint density at radius 3 is 2.10 bits per heavy atom. The van der Waals surface area contributed by atoms with E-state index < -0.39 is 9.58 Å². The summed E-state index contributed by atoms with van der Waals surface area (Å²) >= 11 is 21.1. The molecule has 0 fully saturated rings. The van der Waals surface area contributed by atoms with Gasteiger partial charge in [0.15, 0.2) is 5.78 Å². The second-order valence-corrected chi connectivity index (χ2v) is 4.37. The molecule has 10 heavy (non-hydrogen) atoms. The van der Waals surface area contributed by atoms with Crippen LogP contribution in [0.5, 0.6) is 0 Å². The number of hydrogen-bond donors (Lipinski definition) is 0. The van der Waals surface area contributed by atoms with Gasteiger partial charge in [-0.3, -0.25) is 4.79 Å². The van der Waals surface area contributed by atoms with Gasteiger partial charge in [0.05, 0.1) is 0 Å². The van der Waals surface area contributed by atoms with Gasteiger partial charge in [-0.1, -0.05) is 34.8 Å². The van der Waals surface area contributed by atoms with Gasteiger partial charge in [-0.15, -0.1) is 11.6 Å². The maximum absolute atomic E-state index is 10.8. The second-order valence-electron chi connectivity index (χ2n) is 1.71. The lowest BCUT2D eigenvalue weighted by molar-refractivity contribution is -0.118. The van der Waals surface area contributed by atoms with Crippen LogP contribution in [0.3, 0.4) is 0 Å². The van der Waals surface area contributed by atoms with E-state index in [-0.39, 0.29) is 6.42 Å². The lowest BCUT2D eigenvalue weighted by Crippen LogP contribution is -2.18. The Labute approximate surface area is 79.6 Å². The Kier molecular flexibility index (Phi) is 5.04. The van der Waals surface area contributed by atoms with Gasteiger partial charge < -0.3 is 0 Å². The van der Waals surface area contributed by atoms with E-state index in [1.54, 1.807) is 0 Å². The van der Waals surface area contributed by atoms with E-state index in [2.05, 4.69) is 0 Å². The molecule has 0 heterocycles. The third kappa shape index (κ3) is 4.62. The maximum atomic E-state index is 10.8. The third-order valence-corrected chi connectivity index (χ3v) is 1.75. The smallest absolute Gasteiger partial charge is 0.248 e. The number of Topliss-reactive ketones (excluding diaryl/α,β-unsaturated/α-hetero) is 1. The number of hydrogen-bond acceptors (Lipinski definition) is 1. The molecule has 0 radical (unpaired) electrons. The van der Waals surface area contributed by atoms with Crippen molar-refractivity contribution in [3.05, 3.63) is 0 Å². The van der Waals surface area contributed by atoms with Crippen molar-refractivity contribution in [2.75, 3.05) is 5.88 Å². The zero-order valence-corrected chi connectivity index (χ0v) is 8.07. The van der Waals surface area contributed by atoms with Crippen molar-refractivity contribution in [3.63, 3.8) is 0 Å². The fourth-order valence-corrected chi connectivity index (χ4v) is 0.786. The first-order chi connectivity index (χ1) is 4.48. The molecule has 60 valence electrons. The first kappa shape index (κ1) is 10.8. The van der Waals surface area contributed by atoms with Crippen molar-refractivity contribution < 1.29 is 4.79 Å². The largest absolute Gasteiger partial charge is 0.295 e. The van der Waals surface area contributed by atoms with Gasteiger partial charge in [0, 0.05) is 12.3 Å². The van der Waals surface area contributed by atoms with Crippen molar-refractivity contribution in [3.8, 4) is 0 Å². The summed E-state index contributed by atoms with van der Waals surface area (Å²) < 4.78 is -1.77. The highest BCUT2D eigenvalue weighted by Crippen LogP contribution is 2.28. The van der Waals surface area contributed by atoms with Crippen LogP contribution in [0.15, 0.2) is 0 Å². The molecule has 0 saturated heterocycles. The predicted octanol–water partition coefficient (Wildman–Crippen LogP) is 2.94. The minimum atomic E-state index is -1.77. The molecule has 0 aromatic carbocycles. The summed E-state index contributed by atoms with van der Waals surface area (Å²) in [5, 5.41) is 0. The van der Waals surface area contributed by atoms with Crippen LogP contribution in [-0.2, 0) is 4.79 Å². The number of ketones is 1. The van der Waals surface area contributed by atoms with E-state index >= 15 is 0 Å². The fraction of sp³-hybridized carbons (Fsp3) is 0.800. The lowest BCUT2D eigenvalue weighted by Gasteiger charge is -2.07. The van der Waals surface area contributed by atoms with Crippen molar-refractivity contribution in [2.24, 2.45) is 0 Å². The molecule has 0 aromatic rings. The maximum Gasteiger partial charge on any atom is 0.248 e. The normalized spacial score (nSPS) is 11.6. The third-order valence-electron chi connectivity index (χ3n) is 0.854. The molecule has 0 rings (SSSR count). The van der Waals surface area contributed by atoms with Gasteiger partial charge in [-0.2, -0.15) is 0 Å². The summed E-state index contributed by atoms with van der Waals surface area (Å²) in [6.45, 7) is 0. The average Bonchev–Trinajstić information content (AvgIpc) is 1.80. The van der Waals surface area contributed by atoms with Crippen molar-refractivity contribution in [1.82, 2.24) is 0 Å². The number of carbonyl (C=O) groups excluding carboxylic acids is 1. The summed E-state index contributed by atoms with van der Waals surface area (Å²) in [4.78, 5) is 10.8. The predicted molar refractivity (Wildman–Crippen MR) is 45.3 cm³/mol. The van der Waals surface area contributed by atoms with Crippen molar-refractivity contribution in [2.45, 2.75) is 16.6 Å². The van der Waals surface area contributed by atoms with Crippen LogP contribution in [0.4, 0.5) is 0 Å². The Bertz CT molecular complexity index is 117. The van der Waals surface area contributed by atoms with Crippen LogP contribution in [0.25, 0.3) is 0 Å². The molecule has 0 aromatic heterocycles. The van der Waals surface area contributed by atoms with Gasteiger partial charge in [-0.05, 0) is 6.42 Å². The van der Waals surface area contributed by atoms with E-state index in [4.69, 9.17) is 46.4 Å². The number of carbonyl (C=O) groups is 1. The molecule has 0 N–H and O–H groups in total. The first-order valence-corrected chi connectivity index (χ1v) is 4.31. The van der Waals surface area contributed by atoms with E-state index in [1.165, 1.54) is 0 Å². The van der Waals surface area contributed by atoms with E-state index in [0.29, 0.717) is 12.3 Å². The van der Waals surface area contributed by atoms with E-state index in [9.17, 15) is 4.79 Å². The molecule has 0 aliphatic heterocycles. The summed E-state index contributed by atoms with van der Waals surface area (Å²) in [6.07, 6.45) is 0.772.